The highest BCUT2D eigenvalue weighted by Gasteiger charge is 2.28. The van der Waals surface area contributed by atoms with Crippen molar-refractivity contribution in [2.24, 2.45) is 5.92 Å². The molecule has 0 bridgehead atoms. The summed E-state index contributed by atoms with van der Waals surface area (Å²) in [6, 6.07) is 13.6. The summed E-state index contributed by atoms with van der Waals surface area (Å²) in [5.41, 5.74) is 3.70. The number of benzene rings is 2. The highest BCUT2D eigenvalue weighted by Crippen LogP contribution is 2.27. The second kappa shape index (κ2) is 7.84. The Labute approximate surface area is 159 Å². The molecule has 1 aromatic heterocycles. The average molecular weight is 361 g/mol. The van der Waals surface area contributed by atoms with E-state index < -0.39 is 0 Å². The van der Waals surface area contributed by atoms with Crippen molar-refractivity contribution in [1.29, 1.82) is 0 Å². The van der Waals surface area contributed by atoms with Crippen LogP contribution in [0.3, 0.4) is 0 Å². The molecule has 1 fully saturated rings. The zero-order valence-corrected chi connectivity index (χ0v) is 15.5. The molecule has 4 rings (SSSR count). The largest absolute Gasteiger partial charge is 0.496 e. The molecule has 1 atom stereocenters. The van der Waals surface area contributed by atoms with Crippen LogP contribution in [-0.2, 0) is 6.54 Å². The van der Waals surface area contributed by atoms with Gasteiger partial charge in [0, 0.05) is 31.4 Å². The predicted molar refractivity (Wildman–Crippen MR) is 105 cm³/mol. The number of ether oxygens (including phenoxy) is 1. The van der Waals surface area contributed by atoms with E-state index in [1.54, 1.807) is 19.5 Å². The minimum Gasteiger partial charge on any atom is -0.496 e. The number of carbonyl (C=O) groups is 1. The first-order chi connectivity index (χ1) is 13.3. The third-order valence-electron chi connectivity index (χ3n) is 5.22. The van der Waals surface area contributed by atoms with E-state index in [2.05, 4.69) is 20.9 Å². The number of ketones is 1. The fourth-order valence-electron chi connectivity index (χ4n) is 3.90. The molecule has 0 radical (unpaired) electrons. The molecule has 0 saturated carbocycles. The monoisotopic (exact) mass is 361 g/mol. The number of para-hydroxylation sites is 2. The number of fused-ring (bicyclic) bond motifs is 1. The molecule has 2 aromatic carbocycles. The standard InChI is InChI=1S/C22H23N3O2/c1-27-20-10-3-2-8-18(20)22(26)17-7-5-13-25(15-17)14-16-6-4-9-19-21(16)24-12-11-23-19/h2-4,6,8-12,17H,5,7,13-15H2,1H3/t17-/m1/s1. The number of rotatable bonds is 5. The van der Waals surface area contributed by atoms with Crippen molar-refractivity contribution >= 4 is 16.8 Å². The molecule has 5 heteroatoms. The van der Waals surface area contributed by atoms with Gasteiger partial charge < -0.3 is 4.74 Å². The van der Waals surface area contributed by atoms with Gasteiger partial charge >= 0.3 is 0 Å². The van der Waals surface area contributed by atoms with Gasteiger partial charge in [-0.25, -0.2) is 0 Å². The molecule has 1 saturated heterocycles. The Bertz CT molecular complexity index is 952. The summed E-state index contributed by atoms with van der Waals surface area (Å²) in [6.07, 6.45) is 5.38. The maximum atomic E-state index is 13.1. The molecule has 0 amide bonds. The van der Waals surface area contributed by atoms with Crippen LogP contribution in [0.4, 0.5) is 0 Å². The Hall–Kier alpha value is -2.79. The summed E-state index contributed by atoms with van der Waals surface area (Å²) >= 11 is 0. The lowest BCUT2D eigenvalue weighted by molar-refractivity contribution is 0.0809. The Morgan fingerprint density at radius 2 is 2.00 bits per heavy atom. The molecule has 0 unspecified atom stereocenters. The van der Waals surface area contributed by atoms with Gasteiger partial charge in [0.1, 0.15) is 5.75 Å². The van der Waals surface area contributed by atoms with E-state index in [9.17, 15) is 4.79 Å². The molecule has 5 nitrogen and oxygen atoms in total. The first kappa shape index (κ1) is 17.6. The van der Waals surface area contributed by atoms with Crippen LogP contribution in [0.2, 0.25) is 0 Å². The SMILES string of the molecule is COc1ccccc1C(=O)[C@@H]1CCCN(Cc2cccc3nccnc23)C1. The Morgan fingerprint density at radius 3 is 2.89 bits per heavy atom. The smallest absolute Gasteiger partial charge is 0.170 e. The number of likely N-dealkylation sites (tertiary alicyclic amines) is 1. The third-order valence-corrected chi connectivity index (χ3v) is 5.22. The molecule has 3 aromatic rings. The van der Waals surface area contributed by atoms with E-state index in [0.717, 1.165) is 49.1 Å². The number of aromatic nitrogens is 2. The maximum absolute atomic E-state index is 13.1. The fraction of sp³-hybridized carbons (Fsp3) is 0.318. The van der Waals surface area contributed by atoms with Gasteiger partial charge in [-0.3, -0.25) is 19.7 Å². The van der Waals surface area contributed by atoms with Crippen LogP contribution in [0, 0.1) is 5.92 Å². The molecule has 0 aliphatic carbocycles. The zero-order valence-electron chi connectivity index (χ0n) is 15.5. The minimum absolute atomic E-state index is 0.00360. The van der Waals surface area contributed by atoms with E-state index in [1.165, 1.54) is 0 Å². The topological polar surface area (TPSA) is 55.3 Å². The summed E-state index contributed by atoms with van der Waals surface area (Å²) in [6.45, 7) is 2.53. The Balaban J connectivity index is 1.52. The fourth-order valence-corrected chi connectivity index (χ4v) is 3.90. The van der Waals surface area contributed by atoms with E-state index >= 15 is 0 Å². The van der Waals surface area contributed by atoms with Crippen LogP contribution >= 0.6 is 0 Å². The first-order valence-corrected chi connectivity index (χ1v) is 9.34. The molecule has 0 spiro atoms. The summed E-state index contributed by atoms with van der Waals surface area (Å²) in [4.78, 5) is 24.3. The lowest BCUT2D eigenvalue weighted by Gasteiger charge is -2.32. The number of methoxy groups -OCH3 is 1. The summed E-state index contributed by atoms with van der Waals surface area (Å²) in [5, 5.41) is 0. The molecular formula is C22H23N3O2. The van der Waals surface area contributed by atoms with Crippen molar-refractivity contribution in [3.05, 3.63) is 66.0 Å². The quantitative estimate of drug-likeness (QED) is 0.648. The number of nitrogens with zero attached hydrogens (tertiary/aromatic N) is 3. The van der Waals surface area contributed by atoms with Gasteiger partial charge in [-0.05, 0) is 43.1 Å². The summed E-state index contributed by atoms with van der Waals surface area (Å²) in [5.74, 6) is 0.829. The second-order valence-electron chi connectivity index (χ2n) is 6.98. The van der Waals surface area contributed by atoms with Crippen molar-refractivity contribution < 1.29 is 9.53 Å². The van der Waals surface area contributed by atoms with E-state index in [1.807, 2.05) is 36.4 Å². The van der Waals surface area contributed by atoms with Gasteiger partial charge in [-0.1, -0.05) is 24.3 Å². The molecular weight excluding hydrogens is 338 g/mol. The van der Waals surface area contributed by atoms with Gasteiger partial charge in [0.15, 0.2) is 5.78 Å². The molecule has 1 aliphatic rings. The van der Waals surface area contributed by atoms with Crippen molar-refractivity contribution in [2.45, 2.75) is 19.4 Å². The van der Waals surface area contributed by atoms with Crippen LogP contribution in [-0.4, -0.2) is 40.9 Å². The third kappa shape index (κ3) is 3.69. The Morgan fingerprint density at radius 1 is 1.15 bits per heavy atom. The van der Waals surface area contributed by atoms with E-state index in [4.69, 9.17) is 4.74 Å². The van der Waals surface area contributed by atoms with Gasteiger partial charge in [0.05, 0.1) is 23.7 Å². The highest BCUT2D eigenvalue weighted by molar-refractivity contribution is 6.00. The van der Waals surface area contributed by atoms with Crippen molar-refractivity contribution in [3.8, 4) is 5.75 Å². The predicted octanol–water partition coefficient (Wildman–Crippen LogP) is 3.73. The molecule has 1 aliphatic heterocycles. The van der Waals surface area contributed by atoms with E-state index in [0.29, 0.717) is 11.3 Å². The molecule has 0 N–H and O–H groups in total. The van der Waals surface area contributed by atoms with E-state index in [-0.39, 0.29) is 11.7 Å². The minimum atomic E-state index is -0.00360. The van der Waals surface area contributed by atoms with Crippen LogP contribution < -0.4 is 4.74 Å². The van der Waals surface area contributed by atoms with Crippen molar-refractivity contribution in [2.75, 3.05) is 20.2 Å². The summed E-state index contributed by atoms with van der Waals surface area (Å²) < 4.78 is 5.38. The first-order valence-electron chi connectivity index (χ1n) is 9.34. The van der Waals surface area contributed by atoms with Gasteiger partial charge in [0.25, 0.3) is 0 Å². The maximum Gasteiger partial charge on any atom is 0.170 e. The average Bonchev–Trinajstić information content (AvgIpc) is 2.73. The second-order valence-corrected chi connectivity index (χ2v) is 6.98. The number of carbonyl (C=O) groups excluding carboxylic acids is 1. The lowest BCUT2D eigenvalue weighted by Crippen LogP contribution is -2.38. The lowest BCUT2D eigenvalue weighted by atomic mass is 9.89. The van der Waals surface area contributed by atoms with Crippen LogP contribution in [0.5, 0.6) is 5.75 Å². The van der Waals surface area contributed by atoms with Crippen LogP contribution in [0.25, 0.3) is 11.0 Å². The van der Waals surface area contributed by atoms with Crippen molar-refractivity contribution in [1.82, 2.24) is 14.9 Å². The number of hydrogen-bond acceptors (Lipinski definition) is 5. The van der Waals surface area contributed by atoms with Gasteiger partial charge in [0.2, 0.25) is 0 Å². The van der Waals surface area contributed by atoms with Gasteiger partial charge in [-0.15, -0.1) is 0 Å². The summed E-state index contributed by atoms with van der Waals surface area (Å²) in [7, 11) is 1.61. The molecule has 2 heterocycles. The number of hydrogen-bond donors (Lipinski definition) is 0. The molecule has 27 heavy (non-hydrogen) atoms. The van der Waals surface area contributed by atoms with Crippen LogP contribution in [0.15, 0.2) is 54.9 Å². The van der Waals surface area contributed by atoms with Crippen LogP contribution in [0.1, 0.15) is 28.8 Å². The van der Waals surface area contributed by atoms with Gasteiger partial charge in [-0.2, -0.15) is 0 Å². The Kier molecular flexibility index (Phi) is 5.12. The normalized spacial score (nSPS) is 17.7. The van der Waals surface area contributed by atoms with Crippen molar-refractivity contribution in [3.63, 3.8) is 0 Å². The number of piperidine rings is 1. The number of Topliss-reactive ketones (excluding diaryl/α,β-unsaturated/α-hetero) is 1. The zero-order chi connectivity index (χ0) is 18.6. The molecule has 138 valence electrons. The highest BCUT2D eigenvalue weighted by atomic mass is 16.5.